The average molecular weight is 253 g/mol. The van der Waals surface area contributed by atoms with E-state index in [4.69, 9.17) is 0 Å². The maximum atomic E-state index is 11.1. The van der Waals surface area contributed by atoms with Gasteiger partial charge in [-0.15, -0.1) is 16.9 Å². The number of carbonyl (C=O) groups is 1. The van der Waals surface area contributed by atoms with Crippen molar-refractivity contribution in [2.75, 3.05) is 7.11 Å². The summed E-state index contributed by atoms with van der Waals surface area (Å²) in [6, 6.07) is 0. The minimum absolute atomic E-state index is 0.0686. The Labute approximate surface area is 102 Å². The largest absolute Gasteiger partial charge is 0.469 e. The first-order chi connectivity index (χ1) is 8.20. The molecule has 0 aromatic carbocycles. The van der Waals surface area contributed by atoms with Gasteiger partial charge in [-0.05, 0) is 10.4 Å². The van der Waals surface area contributed by atoms with Crippen molar-refractivity contribution in [3.05, 3.63) is 12.4 Å². The monoisotopic (exact) mass is 253 g/mol. The number of tetrazole rings is 1. The van der Waals surface area contributed by atoms with Crippen molar-refractivity contribution in [2.45, 2.75) is 23.6 Å². The quantitative estimate of drug-likeness (QED) is 0.581. The normalized spacial score (nSPS) is 12.6. The van der Waals surface area contributed by atoms with Crippen LogP contribution >= 0.6 is 11.8 Å². The number of carbonyl (C=O) groups excluding carboxylic acids is 1. The Balaban J connectivity index is 2.12. The van der Waals surface area contributed by atoms with Gasteiger partial charge in [0.15, 0.2) is 5.65 Å². The van der Waals surface area contributed by atoms with Crippen LogP contribution in [0.3, 0.4) is 0 Å². The lowest BCUT2D eigenvalue weighted by Gasteiger charge is -2.09. The van der Waals surface area contributed by atoms with Crippen LogP contribution in [0.2, 0.25) is 0 Å². The molecular weight excluding hydrogens is 242 g/mol. The third kappa shape index (κ3) is 2.70. The van der Waals surface area contributed by atoms with Crippen LogP contribution in [0.4, 0.5) is 0 Å². The first kappa shape index (κ1) is 11.8. The van der Waals surface area contributed by atoms with Crippen LogP contribution in [-0.2, 0) is 9.53 Å². The number of fused-ring (bicyclic) bond motifs is 1. The fourth-order valence-corrected chi connectivity index (χ4v) is 2.28. The highest BCUT2D eigenvalue weighted by molar-refractivity contribution is 7.99. The molecule has 8 heteroatoms. The summed E-state index contributed by atoms with van der Waals surface area (Å²) in [5, 5.41) is 12.1. The lowest BCUT2D eigenvalue weighted by atomic mass is 10.3. The van der Waals surface area contributed by atoms with E-state index < -0.39 is 0 Å². The fraction of sp³-hybridized carbons (Fsp3) is 0.444. The maximum absolute atomic E-state index is 11.1. The highest BCUT2D eigenvalue weighted by Gasteiger charge is 2.13. The minimum Gasteiger partial charge on any atom is -0.469 e. The number of hydrogen-bond acceptors (Lipinski definition) is 7. The van der Waals surface area contributed by atoms with E-state index in [-0.39, 0.29) is 11.2 Å². The topological polar surface area (TPSA) is 82.3 Å². The van der Waals surface area contributed by atoms with Crippen molar-refractivity contribution in [3.63, 3.8) is 0 Å². The number of esters is 1. The summed E-state index contributed by atoms with van der Waals surface area (Å²) in [4.78, 5) is 15.2. The number of ether oxygens (including phenoxy) is 1. The van der Waals surface area contributed by atoms with Crippen molar-refractivity contribution >= 4 is 23.4 Å². The van der Waals surface area contributed by atoms with E-state index in [1.165, 1.54) is 18.9 Å². The van der Waals surface area contributed by atoms with E-state index in [0.717, 1.165) is 5.03 Å². The van der Waals surface area contributed by atoms with Crippen LogP contribution in [0, 0.1) is 0 Å². The predicted molar refractivity (Wildman–Crippen MR) is 60.5 cm³/mol. The molecule has 0 saturated carbocycles. The standard InChI is InChI=1S/C9H11N5O2S/c1-6(3-9(15)16-2)17-8-5-10-4-7-11-12-13-14(7)8/h4-6H,3H2,1-2H3. The third-order valence-electron chi connectivity index (χ3n) is 2.08. The zero-order valence-electron chi connectivity index (χ0n) is 9.40. The molecule has 1 unspecified atom stereocenters. The Kier molecular flexibility index (Phi) is 3.52. The molecule has 17 heavy (non-hydrogen) atoms. The number of thioether (sulfide) groups is 1. The molecule has 7 nitrogen and oxygen atoms in total. The summed E-state index contributed by atoms with van der Waals surface area (Å²) in [6.45, 7) is 1.94. The van der Waals surface area contributed by atoms with Gasteiger partial charge in [0.2, 0.25) is 0 Å². The van der Waals surface area contributed by atoms with Gasteiger partial charge in [0.25, 0.3) is 0 Å². The van der Waals surface area contributed by atoms with E-state index in [0.29, 0.717) is 12.1 Å². The van der Waals surface area contributed by atoms with Crippen LogP contribution in [0.15, 0.2) is 17.4 Å². The van der Waals surface area contributed by atoms with Crippen LogP contribution < -0.4 is 0 Å². The van der Waals surface area contributed by atoms with E-state index in [9.17, 15) is 4.79 Å². The van der Waals surface area contributed by atoms with Gasteiger partial charge >= 0.3 is 5.97 Å². The minimum atomic E-state index is -0.234. The number of hydrogen-bond donors (Lipinski definition) is 0. The summed E-state index contributed by atoms with van der Waals surface area (Å²) < 4.78 is 6.20. The highest BCUT2D eigenvalue weighted by atomic mass is 32.2. The van der Waals surface area contributed by atoms with Crippen molar-refractivity contribution in [1.82, 2.24) is 25.0 Å². The van der Waals surface area contributed by atoms with Crippen LogP contribution in [-0.4, -0.2) is 43.4 Å². The summed E-state index contributed by atoms with van der Waals surface area (Å²) in [5.74, 6) is -0.234. The van der Waals surface area contributed by atoms with Gasteiger partial charge in [0.1, 0.15) is 5.03 Å². The van der Waals surface area contributed by atoms with Crippen LogP contribution in [0.25, 0.3) is 5.65 Å². The number of methoxy groups -OCH3 is 1. The molecule has 0 amide bonds. The molecule has 0 spiro atoms. The van der Waals surface area contributed by atoms with Gasteiger partial charge in [-0.25, -0.2) is 0 Å². The lowest BCUT2D eigenvalue weighted by molar-refractivity contribution is -0.140. The molecule has 0 saturated heterocycles. The van der Waals surface area contributed by atoms with Gasteiger partial charge in [-0.3, -0.25) is 9.78 Å². The molecule has 2 aromatic heterocycles. The molecule has 2 aromatic rings. The molecule has 0 fully saturated rings. The summed E-state index contributed by atoms with van der Waals surface area (Å²) in [7, 11) is 1.38. The van der Waals surface area contributed by atoms with Gasteiger partial charge in [0.05, 0.1) is 25.9 Å². The third-order valence-corrected chi connectivity index (χ3v) is 3.17. The zero-order valence-corrected chi connectivity index (χ0v) is 10.2. The van der Waals surface area contributed by atoms with Crippen molar-refractivity contribution in [2.24, 2.45) is 0 Å². The fourth-order valence-electron chi connectivity index (χ4n) is 1.30. The van der Waals surface area contributed by atoms with Crippen LogP contribution in [0.5, 0.6) is 0 Å². The van der Waals surface area contributed by atoms with Crippen LogP contribution in [0.1, 0.15) is 13.3 Å². The second-order valence-corrected chi connectivity index (χ2v) is 4.86. The van der Waals surface area contributed by atoms with Gasteiger partial charge in [-0.1, -0.05) is 6.92 Å². The van der Waals surface area contributed by atoms with E-state index in [1.807, 2.05) is 6.92 Å². The van der Waals surface area contributed by atoms with E-state index >= 15 is 0 Å². The molecule has 90 valence electrons. The van der Waals surface area contributed by atoms with Crippen molar-refractivity contribution in [3.8, 4) is 0 Å². The first-order valence-corrected chi connectivity index (χ1v) is 5.84. The Morgan fingerprint density at radius 1 is 1.59 bits per heavy atom. The maximum Gasteiger partial charge on any atom is 0.306 e. The SMILES string of the molecule is COC(=O)CC(C)Sc1cncc2nnnn12. The highest BCUT2D eigenvalue weighted by Crippen LogP contribution is 2.24. The molecule has 0 aliphatic carbocycles. The molecule has 2 rings (SSSR count). The van der Waals surface area contributed by atoms with Gasteiger partial charge in [-0.2, -0.15) is 4.52 Å². The molecule has 0 bridgehead atoms. The van der Waals surface area contributed by atoms with Gasteiger partial charge < -0.3 is 4.74 Å². The Morgan fingerprint density at radius 3 is 3.18 bits per heavy atom. The zero-order chi connectivity index (χ0) is 12.3. The molecule has 0 radical (unpaired) electrons. The molecular formula is C9H11N5O2S. The molecule has 0 N–H and O–H groups in total. The predicted octanol–water partition coefficient (Wildman–Crippen LogP) is 0.563. The van der Waals surface area contributed by atoms with Crippen molar-refractivity contribution in [1.29, 1.82) is 0 Å². The lowest BCUT2D eigenvalue weighted by Crippen LogP contribution is -2.09. The van der Waals surface area contributed by atoms with Gasteiger partial charge in [0, 0.05) is 5.25 Å². The summed E-state index contributed by atoms with van der Waals surface area (Å²) in [5.41, 5.74) is 0.584. The Bertz CT molecular complexity index is 529. The van der Waals surface area contributed by atoms with E-state index in [2.05, 4.69) is 25.2 Å². The number of rotatable bonds is 4. The van der Waals surface area contributed by atoms with Crippen molar-refractivity contribution < 1.29 is 9.53 Å². The summed E-state index contributed by atoms with van der Waals surface area (Å²) in [6.07, 6.45) is 3.58. The Morgan fingerprint density at radius 2 is 2.41 bits per heavy atom. The molecule has 1 atom stereocenters. The second-order valence-electron chi connectivity index (χ2n) is 3.40. The smallest absolute Gasteiger partial charge is 0.306 e. The summed E-state index contributed by atoms with van der Waals surface area (Å²) >= 11 is 1.48. The average Bonchev–Trinajstić information content (AvgIpc) is 2.78. The first-order valence-electron chi connectivity index (χ1n) is 4.96. The number of nitrogens with zero attached hydrogens (tertiary/aromatic N) is 5. The molecule has 2 heterocycles. The van der Waals surface area contributed by atoms with E-state index in [1.54, 1.807) is 16.9 Å². The second kappa shape index (κ2) is 5.09. The number of aromatic nitrogens is 5. The molecule has 0 aliphatic rings. The molecule has 0 aliphatic heterocycles. The Hall–Kier alpha value is -1.70.